The molecule has 0 aliphatic carbocycles. The van der Waals surface area contributed by atoms with Gasteiger partial charge in [0.2, 0.25) is 5.88 Å². The lowest BCUT2D eigenvalue weighted by molar-refractivity contribution is 0.0207. The Hall–Kier alpha value is -3.69. The normalized spacial score (nSPS) is 21.3. The molecule has 0 spiro atoms. The fourth-order valence-corrected chi connectivity index (χ4v) is 5.02. The van der Waals surface area contributed by atoms with E-state index in [0.29, 0.717) is 11.7 Å². The van der Waals surface area contributed by atoms with Crippen molar-refractivity contribution in [1.82, 2.24) is 29.6 Å². The number of nitrogens with zero attached hydrogens (tertiary/aromatic N) is 6. The number of hydrogen-bond acceptors (Lipinski definition) is 8. The number of amides is 1. The molecule has 2 atom stereocenters. The Morgan fingerprint density at radius 3 is 2.54 bits per heavy atom. The highest BCUT2D eigenvalue weighted by atomic mass is 16.6. The fourth-order valence-electron chi connectivity index (χ4n) is 5.02. The maximum Gasteiger partial charge on any atom is 0.410 e. The second-order valence-corrected chi connectivity index (χ2v) is 9.55. The zero-order valence-corrected chi connectivity index (χ0v) is 20.5. The van der Waals surface area contributed by atoms with Crippen molar-refractivity contribution in [2.24, 2.45) is 0 Å². The first kappa shape index (κ1) is 23.1. The van der Waals surface area contributed by atoms with Crippen molar-refractivity contribution in [3.05, 3.63) is 48.3 Å². The van der Waals surface area contributed by atoms with Crippen LogP contribution in [0.4, 0.5) is 16.3 Å². The van der Waals surface area contributed by atoms with Crippen LogP contribution < -0.4 is 10.1 Å². The van der Waals surface area contributed by atoms with Gasteiger partial charge in [0.25, 0.3) is 0 Å². The summed E-state index contributed by atoms with van der Waals surface area (Å²) in [5, 5.41) is 7.60. The van der Waals surface area contributed by atoms with Gasteiger partial charge in [0.1, 0.15) is 30.9 Å². The molecular weight excluding hydrogens is 446 g/mol. The fraction of sp³-hybridized carbons (Fsp3) is 0.480. The molecule has 184 valence electrons. The van der Waals surface area contributed by atoms with Crippen molar-refractivity contribution in [3.8, 4) is 11.6 Å². The zero-order chi connectivity index (χ0) is 24.5. The van der Waals surface area contributed by atoms with Gasteiger partial charge in [0.05, 0.1) is 17.4 Å². The molecule has 2 unspecified atom stereocenters. The summed E-state index contributed by atoms with van der Waals surface area (Å²) in [5.74, 6) is 1.27. The summed E-state index contributed by atoms with van der Waals surface area (Å²) in [7, 11) is 0. The van der Waals surface area contributed by atoms with Crippen LogP contribution in [-0.2, 0) is 4.74 Å². The smallest absolute Gasteiger partial charge is 0.410 e. The van der Waals surface area contributed by atoms with Crippen molar-refractivity contribution in [1.29, 1.82) is 0 Å². The molecule has 2 bridgehead atoms. The number of piperidine rings is 1. The minimum atomic E-state index is -0.208. The molecule has 1 aromatic carbocycles. The van der Waals surface area contributed by atoms with Crippen LogP contribution in [0.2, 0.25) is 0 Å². The summed E-state index contributed by atoms with van der Waals surface area (Å²) in [5.41, 5.74) is 3.78. The van der Waals surface area contributed by atoms with Crippen LogP contribution in [0, 0.1) is 13.8 Å². The van der Waals surface area contributed by atoms with Gasteiger partial charge in [-0.2, -0.15) is 5.10 Å². The molecular formula is C25H31N7O3. The van der Waals surface area contributed by atoms with Crippen molar-refractivity contribution in [2.75, 3.05) is 5.32 Å². The molecule has 2 aliphatic heterocycles. The first-order chi connectivity index (χ1) is 16.9. The van der Waals surface area contributed by atoms with Gasteiger partial charge < -0.3 is 19.7 Å². The van der Waals surface area contributed by atoms with Crippen molar-refractivity contribution < 1.29 is 14.3 Å². The minimum absolute atomic E-state index is 0.000694. The molecule has 1 amide bonds. The van der Waals surface area contributed by atoms with E-state index in [-0.39, 0.29) is 30.4 Å². The van der Waals surface area contributed by atoms with E-state index < -0.39 is 0 Å². The number of nitrogens with one attached hydrogen (secondary N) is 1. The predicted molar refractivity (Wildman–Crippen MR) is 130 cm³/mol. The SMILES string of the molecule is Cc1cc(-n2cncn2)ccc1Nc1ncnc(OC2CC3CCC(C2)N3C(=O)OC(C)C)c1C. The Labute approximate surface area is 204 Å². The Kier molecular flexibility index (Phi) is 6.27. The second kappa shape index (κ2) is 9.52. The summed E-state index contributed by atoms with van der Waals surface area (Å²) in [6, 6.07) is 6.31. The van der Waals surface area contributed by atoms with Gasteiger partial charge in [0, 0.05) is 30.6 Å². The third-order valence-corrected chi connectivity index (χ3v) is 6.70. The Morgan fingerprint density at radius 2 is 1.89 bits per heavy atom. The largest absolute Gasteiger partial charge is 0.474 e. The number of carbonyl (C=O) groups excluding carboxylic acids is 1. The maximum atomic E-state index is 12.5. The molecule has 35 heavy (non-hydrogen) atoms. The quantitative estimate of drug-likeness (QED) is 0.559. The number of hydrogen-bond donors (Lipinski definition) is 1. The van der Waals surface area contributed by atoms with Crippen LogP contribution in [0.25, 0.3) is 5.69 Å². The molecule has 2 aromatic heterocycles. The third kappa shape index (κ3) is 4.78. The van der Waals surface area contributed by atoms with E-state index in [0.717, 1.165) is 48.2 Å². The molecule has 2 saturated heterocycles. The van der Waals surface area contributed by atoms with E-state index >= 15 is 0 Å². The Balaban J connectivity index is 1.27. The molecule has 4 heterocycles. The molecule has 1 N–H and O–H groups in total. The number of aryl methyl sites for hydroxylation is 1. The minimum Gasteiger partial charge on any atom is -0.474 e. The highest BCUT2D eigenvalue weighted by Gasteiger charge is 2.45. The molecule has 0 saturated carbocycles. The number of anilines is 2. The zero-order valence-electron chi connectivity index (χ0n) is 20.5. The lowest BCUT2D eigenvalue weighted by atomic mass is 10.0. The topological polar surface area (TPSA) is 107 Å². The molecule has 2 aliphatic rings. The number of carbonyl (C=O) groups is 1. The van der Waals surface area contributed by atoms with E-state index in [1.165, 1.54) is 12.7 Å². The van der Waals surface area contributed by atoms with Crippen LogP contribution in [0.3, 0.4) is 0 Å². The monoisotopic (exact) mass is 477 g/mol. The number of aromatic nitrogens is 5. The molecule has 0 radical (unpaired) electrons. The van der Waals surface area contributed by atoms with Gasteiger partial charge in [-0.15, -0.1) is 0 Å². The number of benzene rings is 1. The molecule has 2 fully saturated rings. The standard InChI is InChI=1S/C25H31N7O3/c1-15(2)34-25(33)32-19-5-6-20(32)11-21(10-19)35-24-17(4)23(27-13-28-24)30-22-8-7-18(9-16(22)3)31-14-26-12-29-31/h7-9,12-15,19-21H,5-6,10-11H2,1-4H3,(H,27,28,30). The van der Waals surface area contributed by atoms with Gasteiger partial charge in [-0.1, -0.05) is 0 Å². The van der Waals surface area contributed by atoms with Gasteiger partial charge in [-0.25, -0.2) is 24.4 Å². The third-order valence-electron chi connectivity index (χ3n) is 6.70. The number of ether oxygens (including phenoxy) is 2. The summed E-state index contributed by atoms with van der Waals surface area (Å²) < 4.78 is 13.5. The van der Waals surface area contributed by atoms with Crippen LogP contribution in [0.15, 0.2) is 37.2 Å². The highest BCUT2D eigenvalue weighted by molar-refractivity contribution is 5.69. The van der Waals surface area contributed by atoms with Gasteiger partial charge >= 0.3 is 6.09 Å². The van der Waals surface area contributed by atoms with Crippen LogP contribution >= 0.6 is 0 Å². The first-order valence-corrected chi connectivity index (χ1v) is 12.1. The van der Waals surface area contributed by atoms with E-state index in [4.69, 9.17) is 9.47 Å². The maximum absolute atomic E-state index is 12.5. The van der Waals surface area contributed by atoms with Crippen LogP contribution in [-0.4, -0.2) is 60.0 Å². The molecule has 10 nitrogen and oxygen atoms in total. The predicted octanol–water partition coefficient (Wildman–Crippen LogP) is 4.34. The molecule has 3 aromatic rings. The van der Waals surface area contributed by atoms with Crippen molar-refractivity contribution >= 4 is 17.6 Å². The lowest BCUT2D eigenvalue weighted by Gasteiger charge is -2.38. The average molecular weight is 478 g/mol. The van der Waals surface area contributed by atoms with E-state index in [1.54, 1.807) is 11.0 Å². The molecule has 10 heteroatoms. The first-order valence-electron chi connectivity index (χ1n) is 12.1. The molecule has 5 rings (SSSR count). The summed E-state index contributed by atoms with van der Waals surface area (Å²) in [4.78, 5) is 27.3. The van der Waals surface area contributed by atoms with Crippen molar-refractivity contribution in [2.45, 2.75) is 77.7 Å². The van der Waals surface area contributed by atoms with Gasteiger partial charge in [-0.05, 0) is 64.3 Å². The Bertz CT molecular complexity index is 1180. The summed E-state index contributed by atoms with van der Waals surface area (Å²) in [6.45, 7) is 7.75. The summed E-state index contributed by atoms with van der Waals surface area (Å²) in [6.07, 6.45) is 7.90. The van der Waals surface area contributed by atoms with E-state index in [2.05, 4.69) is 25.4 Å². The second-order valence-electron chi connectivity index (χ2n) is 9.55. The summed E-state index contributed by atoms with van der Waals surface area (Å²) >= 11 is 0. The average Bonchev–Trinajstić information content (AvgIpc) is 3.44. The lowest BCUT2D eigenvalue weighted by Crippen LogP contribution is -2.50. The highest BCUT2D eigenvalue weighted by Crippen LogP contribution is 2.38. The van der Waals surface area contributed by atoms with E-state index in [9.17, 15) is 4.79 Å². The van der Waals surface area contributed by atoms with Gasteiger partial charge in [-0.3, -0.25) is 0 Å². The number of rotatable bonds is 6. The van der Waals surface area contributed by atoms with Crippen LogP contribution in [0.1, 0.15) is 50.7 Å². The van der Waals surface area contributed by atoms with E-state index in [1.807, 2.05) is 50.8 Å². The Morgan fingerprint density at radius 1 is 1.11 bits per heavy atom. The number of fused-ring (bicyclic) bond motifs is 2. The van der Waals surface area contributed by atoms with Gasteiger partial charge in [0.15, 0.2) is 0 Å². The van der Waals surface area contributed by atoms with Crippen LogP contribution in [0.5, 0.6) is 5.88 Å². The van der Waals surface area contributed by atoms with Crippen molar-refractivity contribution in [3.63, 3.8) is 0 Å².